The third-order valence-electron chi connectivity index (χ3n) is 5.47. The number of nitrogens with zero attached hydrogens (tertiary/aromatic N) is 2. The average Bonchev–Trinajstić information content (AvgIpc) is 3.39. The molecule has 1 N–H and O–H groups in total. The van der Waals surface area contributed by atoms with Gasteiger partial charge in [-0.05, 0) is 55.8 Å². The second kappa shape index (κ2) is 9.30. The lowest BCUT2D eigenvalue weighted by atomic mass is 9.95. The molecule has 1 aromatic heterocycles. The minimum atomic E-state index is -0.976. The van der Waals surface area contributed by atoms with Crippen LogP contribution in [-0.2, 0) is 9.59 Å². The second-order valence-electron chi connectivity index (χ2n) is 7.54. The van der Waals surface area contributed by atoms with Gasteiger partial charge in [0, 0.05) is 11.6 Å². The van der Waals surface area contributed by atoms with E-state index < -0.39 is 17.7 Å². The molecule has 1 atom stereocenters. The van der Waals surface area contributed by atoms with E-state index >= 15 is 0 Å². The fraction of sp³-hybridized carbons (Fsp3) is 0.240. The number of aliphatic hydroxyl groups excluding tert-OH is 1. The van der Waals surface area contributed by atoms with E-state index in [1.54, 1.807) is 55.5 Å². The Kier molecular flexibility index (Phi) is 6.27. The first kappa shape index (κ1) is 22.9. The quantitative estimate of drug-likeness (QED) is 0.317. The predicted octanol–water partition coefficient (Wildman–Crippen LogP) is 4.03. The van der Waals surface area contributed by atoms with Crippen molar-refractivity contribution in [3.8, 4) is 17.2 Å². The van der Waals surface area contributed by atoms with Crippen molar-refractivity contribution in [2.75, 3.05) is 25.7 Å². The van der Waals surface area contributed by atoms with Crippen molar-refractivity contribution in [1.82, 2.24) is 5.16 Å². The van der Waals surface area contributed by atoms with Gasteiger partial charge in [-0.1, -0.05) is 11.2 Å². The standard InChI is InChI=1S/C25H24N2O7/c1-5-33-18-11-8-16(13-19(18)32-4)22-21(23(28)15-6-9-17(31-3)10-7-15)24(29)25(30)27(22)20-12-14(2)34-26-20/h6-13,22,28H,5H2,1-4H3. The largest absolute Gasteiger partial charge is 0.507 e. The Bertz CT molecular complexity index is 1260. The van der Waals surface area contributed by atoms with Gasteiger partial charge < -0.3 is 23.8 Å². The van der Waals surface area contributed by atoms with Gasteiger partial charge in [0.1, 0.15) is 17.3 Å². The number of carbonyl (C=O) groups excluding carboxylic acids is 2. The van der Waals surface area contributed by atoms with Crippen molar-refractivity contribution in [2.24, 2.45) is 0 Å². The summed E-state index contributed by atoms with van der Waals surface area (Å²) in [6.45, 7) is 3.97. The highest BCUT2D eigenvalue weighted by molar-refractivity contribution is 6.51. The summed E-state index contributed by atoms with van der Waals surface area (Å²) in [7, 11) is 3.02. The fourth-order valence-electron chi connectivity index (χ4n) is 3.88. The second-order valence-corrected chi connectivity index (χ2v) is 7.54. The van der Waals surface area contributed by atoms with E-state index in [0.29, 0.717) is 40.7 Å². The van der Waals surface area contributed by atoms with Crippen LogP contribution in [0.25, 0.3) is 5.76 Å². The van der Waals surface area contributed by atoms with Crippen LogP contribution in [0.4, 0.5) is 5.82 Å². The molecule has 2 heterocycles. The molecule has 0 saturated carbocycles. The van der Waals surface area contributed by atoms with E-state index in [9.17, 15) is 14.7 Å². The topological polar surface area (TPSA) is 111 Å². The number of methoxy groups -OCH3 is 2. The first-order valence-electron chi connectivity index (χ1n) is 10.6. The van der Waals surface area contributed by atoms with Gasteiger partial charge in [-0.15, -0.1) is 0 Å². The van der Waals surface area contributed by atoms with Crippen molar-refractivity contribution in [2.45, 2.75) is 19.9 Å². The Labute approximate surface area is 196 Å². The third kappa shape index (κ3) is 3.96. The number of aryl methyl sites for hydroxylation is 1. The number of anilines is 1. The molecule has 1 amide bonds. The summed E-state index contributed by atoms with van der Waals surface area (Å²) in [5, 5.41) is 15.1. The van der Waals surface area contributed by atoms with Crippen LogP contribution in [0.5, 0.6) is 17.2 Å². The van der Waals surface area contributed by atoms with Crippen molar-refractivity contribution in [3.05, 3.63) is 71.0 Å². The highest BCUT2D eigenvalue weighted by Crippen LogP contribution is 2.44. The third-order valence-corrected chi connectivity index (χ3v) is 5.47. The summed E-state index contributed by atoms with van der Waals surface area (Å²) in [6, 6.07) is 12.2. The number of hydrogen-bond donors (Lipinski definition) is 1. The maximum atomic E-state index is 13.2. The first-order valence-corrected chi connectivity index (χ1v) is 10.6. The number of aliphatic hydroxyl groups is 1. The zero-order valence-corrected chi connectivity index (χ0v) is 19.2. The summed E-state index contributed by atoms with van der Waals surface area (Å²) >= 11 is 0. The van der Waals surface area contributed by atoms with E-state index in [-0.39, 0.29) is 17.2 Å². The van der Waals surface area contributed by atoms with Gasteiger partial charge in [0.25, 0.3) is 5.78 Å². The molecule has 1 fully saturated rings. The van der Waals surface area contributed by atoms with E-state index in [0.717, 1.165) is 0 Å². The van der Waals surface area contributed by atoms with Crippen LogP contribution >= 0.6 is 0 Å². The number of ketones is 1. The van der Waals surface area contributed by atoms with Gasteiger partial charge >= 0.3 is 5.91 Å². The lowest BCUT2D eigenvalue weighted by Gasteiger charge is -2.23. The molecule has 1 aliphatic rings. The van der Waals surface area contributed by atoms with Crippen LogP contribution in [0.3, 0.4) is 0 Å². The van der Waals surface area contributed by atoms with Gasteiger partial charge in [0.05, 0.1) is 32.4 Å². The summed E-state index contributed by atoms with van der Waals surface area (Å²) < 4.78 is 21.4. The Morgan fingerprint density at radius 1 is 1.06 bits per heavy atom. The Morgan fingerprint density at radius 3 is 2.38 bits per heavy atom. The molecule has 176 valence electrons. The molecule has 1 unspecified atom stereocenters. The molecular weight excluding hydrogens is 440 g/mol. The molecule has 4 rings (SSSR count). The maximum Gasteiger partial charge on any atom is 0.301 e. The highest BCUT2D eigenvalue weighted by atomic mass is 16.5. The smallest absolute Gasteiger partial charge is 0.301 e. The summed E-state index contributed by atoms with van der Waals surface area (Å²) in [6.07, 6.45) is 0. The predicted molar refractivity (Wildman–Crippen MR) is 123 cm³/mol. The number of benzene rings is 2. The monoisotopic (exact) mass is 464 g/mol. The van der Waals surface area contributed by atoms with Gasteiger partial charge in [-0.25, -0.2) is 0 Å². The van der Waals surface area contributed by atoms with E-state index in [1.165, 1.54) is 19.1 Å². The number of hydrogen-bond acceptors (Lipinski definition) is 8. The van der Waals surface area contributed by atoms with Crippen LogP contribution in [-0.4, -0.2) is 42.8 Å². The van der Waals surface area contributed by atoms with Crippen LogP contribution in [0.1, 0.15) is 29.9 Å². The lowest BCUT2D eigenvalue weighted by Crippen LogP contribution is -2.29. The number of ether oxygens (including phenoxy) is 3. The molecule has 0 spiro atoms. The molecule has 9 nitrogen and oxygen atoms in total. The van der Waals surface area contributed by atoms with Crippen LogP contribution in [0.15, 0.2) is 58.6 Å². The molecule has 2 aromatic carbocycles. The van der Waals surface area contributed by atoms with E-state index in [2.05, 4.69) is 5.16 Å². The Morgan fingerprint density at radius 2 is 1.79 bits per heavy atom. The van der Waals surface area contributed by atoms with Crippen LogP contribution in [0, 0.1) is 6.92 Å². The Balaban J connectivity index is 1.92. The Hall–Kier alpha value is -4.27. The van der Waals surface area contributed by atoms with Gasteiger partial charge in [-0.3, -0.25) is 14.5 Å². The molecule has 0 radical (unpaired) electrons. The van der Waals surface area contributed by atoms with Crippen LogP contribution < -0.4 is 19.1 Å². The molecular formula is C25H24N2O7. The summed E-state index contributed by atoms with van der Waals surface area (Å²) in [5.74, 6) is 0.155. The van der Waals surface area contributed by atoms with Crippen molar-refractivity contribution >= 4 is 23.3 Å². The van der Waals surface area contributed by atoms with Crippen LogP contribution in [0.2, 0.25) is 0 Å². The first-order chi connectivity index (χ1) is 16.4. The van der Waals surface area contributed by atoms with Crippen molar-refractivity contribution in [3.63, 3.8) is 0 Å². The van der Waals surface area contributed by atoms with Gasteiger partial charge in [0.2, 0.25) is 0 Å². The van der Waals surface area contributed by atoms with Crippen molar-refractivity contribution in [1.29, 1.82) is 0 Å². The summed E-state index contributed by atoms with van der Waals surface area (Å²) in [4.78, 5) is 27.5. The van der Waals surface area contributed by atoms with E-state index in [1.807, 2.05) is 6.92 Å². The van der Waals surface area contributed by atoms with Crippen molar-refractivity contribution < 1.29 is 33.4 Å². The minimum Gasteiger partial charge on any atom is -0.507 e. The zero-order valence-electron chi connectivity index (χ0n) is 19.2. The molecule has 34 heavy (non-hydrogen) atoms. The number of aromatic nitrogens is 1. The summed E-state index contributed by atoms with van der Waals surface area (Å²) in [5.41, 5.74) is 0.801. The number of amides is 1. The number of Topliss-reactive ketones (excluding diaryl/α,β-unsaturated/α-hetero) is 1. The maximum absolute atomic E-state index is 13.2. The van der Waals surface area contributed by atoms with Gasteiger partial charge in [-0.2, -0.15) is 0 Å². The number of carbonyl (C=O) groups is 2. The fourth-order valence-corrected chi connectivity index (χ4v) is 3.88. The van der Waals surface area contributed by atoms with Gasteiger partial charge in [0.15, 0.2) is 17.3 Å². The SMILES string of the molecule is CCOc1ccc(C2C(=C(O)c3ccc(OC)cc3)C(=O)C(=O)N2c2cc(C)on2)cc1OC. The molecule has 1 aliphatic heterocycles. The number of rotatable bonds is 7. The molecule has 9 heteroatoms. The lowest BCUT2D eigenvalue weighted by molar-refractivity contribution is -0.132. The normalized spacial score (nSPS) is 17.2. The molecule has 3 aromatic rings. The van der Waals surface area contributed by atoms with E-state index in [4.69, 9.17) is 18.7 Å². The molecule has 0 bridgehead atoms. The highest BCUT2D eigenvalue weighted by Gasteiger charge is 2.48. The average molecular weight is 464 g/mol. The zero-order chi connectivity index (χ0) is 24.4. The minimum absolute atomic E-state index is 0.0815. The molecule has 0 aliphatic carbocycles. The molecule has 1 saturated heterocycles.